The molecule has 0 bridgehead atoms. The minimum atomic E-state index is -3.76. The zero-order valence-corrected chi connectivity index (χ0v) is 21.6. The Labute approximate surface area is 193 Å². The average molecular weight is 475 g/mol. The zero-order chi connectivity index (χ0) is 22.5. The van der Waals surface area contributed by atoms with Crippen LogP contribution in [0.1, 0.15) is 31.2 Å². The Balaban J connectivity index is 1.75. The van der Waals surface area contributed by atoms with Crippen molar-refractivity contribution in [3.63, 3.8) is 0 Å². The molecule has 31 heavy (non-hydrogen) atoms. The molecule has 1 aliphatic carbocycles. The molecule has 0 saturated heterocycles. The molecule has 0 spiro atoms. The second-order valence-corrected chi connectivity index (χ2v) is 18.0. The molecule has 0 aliphatic heterocycles. The summed E-state index contributed by atoms with van der Waals surface area (Å²) >= 11 is 1.91. The zero-order valence-electron chi connectivity index (χ0n) is 19.0. The van der Waals surface area contributed by atoms with Gasteiger partial charge in [0, 0.05) is 15.7 Å². The maximum Gasteiger partial charge on any atom is 0.297 e. The summed E-state index contributed by atoms with van der Waals surface area (Å²) < 4.78 is 31.5. The van der Waals surface area contributed by atoms with Crippen molar-refractivity contribution in [1.29, 1.82) is 0 Å². The third-order valence-corrected chi connectivity index (χ3v) is 12.4. The predicted molar refractivity (Wildman–Crippen MR) is 134 cm³/mol. The van der Waals surface area contributed by atoms with E-state index in [1.54, 1.807) is 12.1 Å². The summed E-state index contributed by atoms with van der Waals surface area (Å²) in [6, 6.07) is 17.4. The van der Waals surface area contributed by atoms with E-state index < -0.39 is 18.2 Å². The first-order valence-electron chi connectivity index (χ1n) is 11.1. The summed E-state index contributed by atoms with van der Waals surface area (Å²) in [5, 5.41) is 0. The second kappa shape index (κ2) is 10.5. The van der Waals surface area contributed by atoms with Gasteiger partial charge in [-0.05, 0) is 44.0 Å². The first kappa shape index (κ1) is 24.3. The molecule has 0 radical (unpaired) electrons. The second-order valence-electron chi connectivity index (χ2n) is 9.45. The van der Waals surface area contributed by atoms with Crippen LogP contribution >= 0.6 is 11.8 Å². The van der Waals surface area contributed by atoms with Crippen molar-refractivity contribution in [3.8, 4) is 0 Å². The number of thioether (sulfide) groups is 1. The molecule has 3 rings (SSSR count). The molecule has 1 saturated carbocycles. The Kier molecular flexibility index (Phi) is 8.24. The van der Waals surface area contributed by atoms with Crippen molar-refractivity contribution in [1.82, 2.24) is 0 Å². The number of aryl methyl sites for hydroxylation is 1. The van der Waals surface area contributed by atoms with Crippen LogP contribution in [0.2, 0.25) is 19.6 Å². The molecule has 1 fully saturated rings. The summed E-state index contributed by atoms with van der Waals surface area (Å²) in [6.45, 7) is 9.10. The number of hydrogen-bond donors (Lipinski definition) is 0. The Morgan fingerprint density at radius 3 is 2.29 bits per heavy atom. The van der Waals surface area contributed by atoms with Gasteiger partial charge in [0.25, 0.3) is 10.1 Å². The van der Waals surface area contributed by atoms with Crippen molar-refractivity contribution in [2.45, 2.75) is 73.0 Å². The molecule has 6 heteroatoms. The van der Waals surface area contributed by atoms with Crippen molar-refractivity contribution in [2.24, 2.45) is 5.92 Å². The van der Waals surface area contributed by atoms with Gasteiger partial charge in [-0.25, -0.2) is 0 Å². The van der Waals surface area contributed by atoms with Crippen LogP contribution in [0.4, 0.5) is 0 Å². The molecule has 1 aliphatic rings. The van der Waals surface area contributed by atoms with E-state index in [1.165, 1.54) is 4.90 Å². The van der Waals surface area contributed by atoms with E-state index in [2.05, 4.69) is 56.1 Å². The molecule has 2 aromatic carbocycles. The van der Waals surface area contributed by atoms with Crippen molar-refractivity contribution in [3.05, 3.63) is 72.3 Å². The lowest BCUT2D eigenvalue weighted by Crippen LogP contribution is -2.35. The fourth-order valence-corrected chi connectivity index (χ4v) is 8.22. The van der Waals surface area contributed by atoms with Gasteiger partial charge in [-0.2, -0.15) is 8.42 Å². The smallest absolute Gasteiger partial charge is 0.262 e. The lowest BCUT2D eigenvalue weighted by Gasteiger charge is -2.30. The third kappa shape index (κ3) is 7.07. The Morgan fingerprint density at radius 2 is 1.65 bits per heavy atom. The molecule has 3 atom stereocenters. The largest absolute Gasteiger partial charge is 0.297 e. The van der Waals surface area contributed by atoms with Gasteiger partial charge >= 0.3 is 0 Å². The van der Waals surface area contributed by atoms with Gasteiger partial charge in [-0.3, -0.25) is 4.18 Å². The van der Waals surface area contributed by atoms with E-state index in [9.17, 15) is 8.42 Å². The summed E-state index contributed by atoms with van der Waals surface area (Å²) in [4.78, 5) is 1.94. The number of rotatable bonds is 8. The van der Waals surface area contributed by atoms with E-state index >= 15 is 0 Å². The molecule has 0 amide bonds. The van der Waals surface area contributed by atoms with Crippen LogP contribution in [-0.4, -0.2) is 27.5 Å². The number of hydrogen-bond acceptors (Lipinski definition) is 4. The molecule has 2 aromatic rings. The van der Waals surface area contributed by atoms with Crippen molar-refractivity contribution >= 4 is 30.0 Å². The molecule has 1 unspecified atom stereocenters. The van der Waals surface area contributed by atoms with Crippen LogP contribution in [0, 0.1) is 12.8 Å². The highest BCUT2D eigenvalue weighted by Crippen LogP contribution is 2.34. The standard InChI is InChI=1S/C25H34O3S2Si/c1-20-14-17-23(18-15-20)30(26,27)28-24-13-9-8-10-21(24)16-19-25(31(2,3)4)29-22-11-6-5-7-12-22/h5-7,11-12,14-19,21,24-25H,8-10,13H2,1-4H3/b19-16+/t21-,24+,25?/m0/s1. The van der Waals surface area contributed by atoms with Crippen LogP contribution in [-0.2, 0) is 14.3 Å². The molecule has 0 aromatic heterocycles. The van der Waals surface area contributed by atoms with Crippen molar-refractivity contribution in [2.75, 3.05) is 0 Å². The summed E-state index contributed by atoms with van der Waals surface area (Å²) in [5.74, 6) is 0.129. The van der Waals surface area contributed by atoms with Gasteiger partial charge in [-0.1, -0.05) is 80.5 Å². The van der Waals surface area contributed by atoms with Crippen molar-refractivity contribution < 1.29 is 12.6 Å². The quantitative estimate of drug-likeness (QED) is 0.181. The highest BCUT2D eigenvalue weighted by Gasteiger charge is 2.31. The highest BCUT2D eigenvalue weighted by molar-refractivity contribution is 8.01. The van der Waals surface area contributed by atoms with Gasteiger partial charge in [0.1, 0.15) is 0 Å². The van der Waals surface area contributed by atoms with Gasteiger partial charge in [-0.15, -0.1) is 11.8 Å². The fraction of sp³-hybridized carbons (Fsp3) is 0.440. The SMILES string of the molecule is Cc1ccc(S(=O)(=O)O[C@@H]2CCCC[C@H]2/C=C/C(Sc2ccccc2)[Si](C)(C)C)cc1. The topological polar surface area (TPSA) is 43.4 Å². The van der Waals surface area contributed by atoms with Gasteiger partial charge in [0.2, 0.25) is 0 Å². The van der Waals surface area contributed by atoms with Gasteiger partial charge in [0.15, 0.2) is 0 Å². The third-order valence-electron chi connectivity index (χ3n) is 5.71. The summed E-state index contributed by atoms with van der Waals surface area (Å²) in [5.41, 5.74) is 1.03. The van der Waals surface area contributed by atoms with Crippen LogP contribution in [0.15, 0.2) is 76.5 Å². The van der Waals surface area contributed by atoms with E-state index in [-0.39, 0.29) is 16.9 Å². The molecular weight excluding hydrogens is 440 g/mol. The summed E-state index contributed by atoms with van der Waals surface area (Å²) in [6.07, 6.45) is 8.16. The first-order chi connectivity index (χ1) is 14.6. The average Bonchev–Trinajstić information content (AvgIpc) is 2.72. The predicted octanol–water partition coefficient (Wildman–Crippen LogP) is 6.85. The number of benzene rings is 2. The minimum absolute atomic E-state index is 0.129. The van der Waals surface area contributed by atoms with E-state index in [1.807, 2.05) is 36.9 Å². The highest BCUT2D eigenvalue weighted by atomic mass is 32.2. The van der Waals surface area contributed by atoms with Crippen LogP contribution in [0.5, 0.6) is 0 Å². The summed E-state index contributed by atoms with van der Waals surface area (Å²) in [7, 11) is -5.22. The monoisotopic (exact) mass is 474 g/mol. The lowest BCUT2D eigenvalue weighted by molar-refractivity contribution is 0.123. The molecule has 0 N–H and O–H groups in total. The Morgan fingerprint density at radius 1 is 1.00 bits per heavy atom. The van der Waals surface area contributed by atoms with E-state index in [4.69, 9.17) is 4.18 Å². The van der Waals surface area contributed by atoms with Crippen LogP contribution < -0.4 is 0 Å². The Hall–Kier alpha value is -1.34. The van der Waals surface area contributed by atoms with E-state index in [0.29, 0.717) is 4.87 Å². The fourth-order valence-electron chi connectivity index (χ4n) is 3.78. The maximum atomic E-state index is 12.9. The minimum Gasteiger partial charge on any atom is -0.262 e. The first-order valence-corrected chi connectivity index (χ1v) is 16.9. The molecular formula is C25H34O3S2Si. The van der Waals surface area contributed by atoms with E-state index in [0.717, 1.165) is 31.2 Å². The van der Waals surface area contributed by atoms with Gasteiger partial charge < -0.3 is 0 Å². The molecule has 168 valence electrons. The molecule has 0 heterocycles. The lowest BCUT2D eigenvalue weighted by atomic mass is 9.86. The van der Waals surface area contributed by atoms with Crippen LogP contribution in [0.25, 0.3) is 0 Å². The molecule has 3 nitrogen and oxygen atoms in total. The van der Waals surface area contributed by atoms with Crippen LogP contribution in [0.3, 0.4) is 0 Å². The van der Waals surface area contributed by atoms with Gasteiger partial charge in [0.05, 0.1) is 19.1 Å². The Bertz CT molecular complexity index is 964. The maximum absolute atomic E-state index is 12.9. The normalized spacial score (nSPS) is 21.3.